The second-order valence-corrected chi connectivity index (χ2v) is 5.89. The number of benzene rings is 3. The standard InChI is InChI=1S/C21H19F2NO3/c22-21(23)27-17-10-8-15(9-11-17)12-13-24-20(25)14-26-19-7-3-5-16-4-1-2-6-18(16)19/h1-11,21H,12-14H2,(H,24,25). The number of hydrogen-bond donors (Lipinski definition) is 1. The maximum absolute atomic E-state index is 12.1. The summed E-state index contributed by atoms with van der Waals surface area (Å²) >= 11 is 0. The molecule has 0 aromatic heterocycles. The molecule has 1 amide bonds. The van der Waals surface area contributed by atoms with E-state index >= 15 is 0 Å². The molecule has 0 fully saturated rings. The van der Waals surface area contributed by atoms with Gasteiger partial charge in [-0.25, -0.2) is 0 Å². The van der Waals surface area contributed by atoms with Crippen molar-refractivity contribution in [3.8, 4) is 11.5 Å². The molecule has 3 rings (SSSR count). The van der Waals surface area contributed by atoms with Crippen LogP contribution in [0.5, 0.6) is 11.5 Å². The first kappa shape index (κ1) is 18.6. The first-order valence-electron chi connectivity index (χ1n) is 8.53. The molecule has 0 radical (unpaired) electrons. The number of ether oxygens (including phenoxy) is 2. The number of carbonyl (C=O) groups is 1. The molecule has 3 aromatic carbocycles. The lowest BCUT2D eigenvalue weighted by atomic mass is 10.1. The Morgan fingerprint density at radius 2 is 1.70 bits per heavy atom. The molecule has 0 atom stereocenters. The fourth-order valence-corrected chi connectivity index (χ4v) is 2.70. The van der Waals surface area contributed by atoms with Gasteiger partial charge < -0.3 is 14.8 Å². The SMILES string of the molecule is O=C(COc1cccc2ccccc12)NCCc1ccc(OC(F)F)cc1. The van der Waals surface area contributed by atoms with E-state index in [1.54, 1.807) is 12.1 Å². The second kappa shape index (κ2) is 8.98. The van der Waals surface area contributed by atoms with Gasteiger partial charge in [0.2, 0.25) is 0 Å². The minimum Gasteiger partial charge on any atom is -0.483 e. The van der Waals surface area contributed by atoms with Gasteiger partial charge in [0.25, 0.3) is 5.91 Å². The molecule has 140 valence electrons. The zero-order valence-corrected chi connectivity index (χ0v) is 14.5. The normalized spacial score (nSPS) is 10.8. The average molecular weight is 371 g/mol. The minimum atomic E-state index is -2.84. The predicted octanol–water partition coefficient (Wildman–Crippen LogP) is 4.18. The van der Waals surface area contributed by atoms with Gasteiger partial charge in [0.1, 0.15) is 11.5 Å². The van der Waals surface area contributed by atoms with Crippen molar-refractivity contribution >= 4 is 16.7 Å². The number of amides is 1. The van der Waals surface area contributed by atoms with Crippen molar-refractivity contribution in [2.75, 3.05) is 13.2 Å². The zero-order chi connectivity index (χ0) is 19.1. The van der Waals surface area contributed by atoms with E-state index in [4.69, 9.17) is 4.74 Å². The Labute approximate surface area is 155 Å². The molecule has 3 aromatic rings. The summed E-state index contributed by atoms with van der Waals surface area (Å²) in [5, 5.41) is 4.79. The Balaban J connectivity index is 1.44. The van der Waals surface area contributed by atoms with Crippen molar-refractivity contribution in [1.82, 2.24) is 5.32 Å². The number of alkyl halides is 2. The van der Waals surface area contributed by atoms with Crippen LogP contribution in [-0.4, -0.2) is 25.7 Å². The lowest BCUT2D eigenvalue weighted by Gasteiger charge is -2.10. The highest BCUT2D eigenvalue weighted by molar-refractivity contribution is 5.88. The van der Waals surface area contributed by atoms with Crippen molar-refractivity contribution in [2.45, 2.75) is 13.0 Å². The van der Waals surface area contributed by atoms with Crippen LogP contribution in [0.4, 0.5) is 8.78 Å². The van der Waals surface area contributed by atoms with E-state index in [1.165, 1.54) is 12.1 Å². The molecule has 4 nitrogen and oxygen atoms in total. The van der Waals surface area contributed by atoms with Crippen LogP contribution in [0.1, 0.15) is 5.56 Å². The summed E-state index contributed by atoms with van der Waals surface area (Å²) in [5.74, 6) is 0.555. The van der Waals surface area contributed by atoms with Crippen LogP contribution in [0, 0.1) is 0 Å². The Hall–Kier alpha value is -3.15. The van der Waals surface area contributed by atoms with Crippen molar-refractivity contribution in [3.05, 3.63) is 72.3 Å². The lowest BCUT2D eigenvalue weighted by Crippen LogP contribution is -2.30. The van der Waals surface area contributed by atoms with Crippen molar-refractivity contribution in [2.24, 2.45) is 0 Å². The van der Waals surface area contributed by atoms with Gasteiger partial charge in [-0.15, -0.1) is 0 Å². The molecule has 0 aliphatic carbocycles. The summed E-state index contributed by atoms with van der Waals surface area (Å²) in [4.78, 5) is 12.0. The molecule has 0 unspecified atom stereocenters. The molecule has 0 bridgehead atoms. The highest BCUT2D eigenvalue weighted by atomic mass is 19.3. The average Bonchev–Trinajstić information content (AvgIpc) is 2.67. The van der Waals surface area contributed by atoms with Crippen LogP contribution in [0.3, 0.4) is 0 Å². The second-order valence-electron chi connectivity index (χ2n) is 5.89. The van der Waals surface area contributed by atoms with Crippen LogP contribution >= 0.6 is 0 Å². The van der Waals surface area contributed by atoms with Crippen LogP contribution in [0.2, 0.25) is 0 Å². The molecule has 0 saturated carbocycles. The minimum absolute atomic E-state index is 0.0742. The first-order chi connectivity index (χ1) is 13.1. The van der Waals surface area contributed by atoms with Crippen LogP contribution in [0.15, 0.2) is 66.7 Å². The fourth-order valence-electron chi connectivity index (χ4n) is 2.70. The van der Waals surface area contributed by atoms with Gasteiger partial charge in [0, 0.05) is 11.9 Å². The number of rotatable bonds is 8. The number of halogens is 2. The van der Waals surface area contributed by atoms with Gasteiger partial charge in [-0.05, 0) is 35.6 Å². The fraction of sp³-hybridized carbons (Fsp3) is 0.190. The molecule has 0 aliphatic heterocycles. The molecule has 6 heteroatoms. The van der Waals surface area contributed by atoms with E-state index < -0.39 is 6.61 Å². The topological polar surface area (TPSA) is 47.6 Å². The van der Waals surface area contributed by atoms with Gasteiger partial charge >= 0.3 is 6.61 Å². The molecule has 0 saturated heterocycles. The summed E-state index contributed by atoms with van der Waals surface area (Å²) in [7, 11) is 0. The van der Waals surface area contributed by atoms with Gasteiger partial charge in [0.15, 0.2) is 6.61 Å². The van der Waals surface area contributed by atoms with Gasteiger partial charge in [-0.1, -0.05) is 48.5 Å². The number of fused-ring (bicyclic) bond motifs is 1. The largest absolute Gasteiger partial charge is 0.483 e. The summed E-state index contributed by atoms with van der Waals surface area (Å²) in [5.41, 5.74) is 0.909. The molecular formula is C21H19F2NO3. The maximum atomic E-state index is 12.1. The van der Waals surface area contributed by atoms with Gasteiger partial charge in [-0.3, -0.25) is 4.79 Å². The summed E-state index contributed by atoms with van der Waals surface area (Å²) in [6.45, 7) is -2.49. The molecule has 27 heavy (non-hydrogen) atoms. The Morgan fingerprint density at radius 1 is 0.963 bits per heavy atom. The number of carbonyl (C=O) groups excluding carboxylic acids is 1. The lowest BCUT2D eigenvalue weighted by molar-refractivity contribution is -0.123. The van der Waals surface area contributed by atoms with E-state index in [9.17, 15) is 13.6 Å². The molecular weight excluding hydrogens is 352 g/mol. The van der Waals surface area contributed by atoms with E-state index in [2.05, 4.69) is 10.1 Å². The summed E-state index contributed by atoms with van der Waals surface area (Å²) < 4.78 is 34.2. The predicted molar refractivity (Wildman–Crippen MR) is 99.2 cm³/mol. The third kappa shape index (κ3) is 5.41. The van der Waals surface area contributed by atoms with Crippen molar-refractivity contribution < 1.29 is 23.0 Å². The quantitative estimate of drug-likeness (QED) is 0.646. The van der Waals surface area contributed by atoms with Gasteiger partial charge in [-0.2, -0.15) is 8.78 Å². The van der Waals surface area contributed by atoms with E-state index in [0.717, 1.165) is 16.3 Å². The van der Waals surface area contributed by atoms with Crippen LogP contribution in [-0.2, 0) is 11.2 Å². The molecule has 0 aliphatic rings. The van der Waals surface area contributed by atoms with Gasteiger partial charge in [0.05, 0.1) is 0 Å². The highest BCUT2D eigenvalue weighted by Gasteiger charge is 2.06. The Morgan fingerprint density at radius 3 is 2.48 bits per heavy atom. The van der Waals surface area contributed by atoms with E-state index in [1.807, 2.05) is 42.5 Å². The number of nitrogens with one attached hydrogen (secondary N) is 1. The molecule has 0 spiro atoms. The zero-order valence-electron chi connectivity index (χ0n) is 14.5. The highest BCUT2D eigenvalue weighted by Crippen LogP contribution is 2.24. The Kier molecular flexibility index (Phi) is 6.20. The van der Waals surface area contributed by atoms with E-state index in [0.29, 0.717) is 18.7 Å². The third-order valence-electron chi connectivity index (χ3n) is 3.99. The number of hydrogen-bond acceptors (Lipinski definition) is 3. The first-order valence-corrected chi connectivity index (χ1v) is 8.53. The van der Waals surface area contributed by atoms with Crippen molar-refractivity contribution in [1.29, 1.82) is 0 Å². The monoisotopic (exact) mass is 371 g/mol. The Bertz CT molecular complexity index is 892. The summed E-state index contributed by atoms with van der Waals surface area (Å²) in [6, 6.07) is 19.9. The third-order valence-corrected chi connectivity index (χ3v) is 3.99. The van der Waals surface area contributed by atoms with Crippen LogP contribution in [0.25, 0.3) is 10.8 Å². The smallest absolute Gasteiger partial charge is 0.387 e. The molecule has 0 heterocycles. The summed E-state index contributed by atoms with van der Waals surface area (Å²) in [6.07, 6.45) is 0.578. The maximum Gasteiger partial charge on any atom is 0.387 e. The van der Waals surface area contributed by atoms with Crippen LogP contribution < -0.4 is 14.8 Å². The molecule has 1 N–H and O–H groups in total. The van der Waals surface area contributed by atoms with Crippen molar-refractivity contribution in [3.63, 3.8) is 0 Å². The van der Waals surface area contributed by atoms with E-state index in [-0.39, 0.29) is 18.3 Å².